The second-order valence-corrected chi connectivity index (χ2v) is 10.8. The van der Waals surface area contributed by atoms with E-state index in [4.69, 9.17) is 14.2 Å². The summed E-state index contributed by atoms with van der Waals surface area (Å²) in [5.74, 6) is -4.85. The molecule has 45 heavy (non-hydrogen) atoms. The summed E-state index contributed by atoms with van der Waals surface area (Å²) in [7, 11) is 0. The van der Waals surface area contributed by atoms with Crippen LogP contribution in [0.1, 0.15) is 83.8 Å². The average molecular weight is 637 g/mol. The highest BCUT2D eigenvalue weighted by atomic mass is 19.3. The summed E-state index contributed by atoms with van der Waals surface area (Å²) in [4.78, 5) is 52.2. The van der Waals surface area contributed by atoms with Gasteiger partial charge in [-0.1, -0.05) is 63.6 Å². The van der Waals surface area contributed by atoms with Crippen molar-refractivity contribution in [3.63, 3.8) is 0 Å². The molecule has 1 fully saturated rings. The lowest BCUT2D eigenvalue weighted by atomic mass is 10.1. The molecule has 14 heteroatoms. The predicted octanol–water partition coefficient (Wildman–Crippen LogP) is 5.18. The highest BCUT2D eigenvalue weighted by molar-refractivity contribution is 5.90. The maximum Gasteiger partial charge on any atom is 0.412 e. The molecule has 0 spiro atoms. The Morgan fingerprint density at radius 1 is 0.956 bits per heavy atom. The molecule has 3 rings (SSSR count). The van der Waals surface area contributed by atoms with Gasteiger partial charge in [0.2, 0.25) is 12.1 Å². The monoisotopic (exact) mass is 636 g/mol. The number of rotatable bonds is 18. The molecule has 1 aromatic carbocycles. The molecule has 12 nitrogen and oxygen atoms in total. The van der Waals surface area contributed by atoms with E-state index in [1.807, 2.05) is 18.2 Å². The number of carbonyl (C=O) groups is 3. The van der Waals surface area contributed by atoms with E-state index in [0.717, 1.165) is 43.6 Å². The number of nitrogens with zero attached hydrogens (tertiary/aromatic N) is 2. The first-order valence-corrected chi connectivity index (χ1v) is 15.4. The lowest BCUT2D eigenvalue weighted by molar-refractivity contribution is -0.150. The van der Waals surface area contributed by atoms with E-state index in [1.165, 1.54) is 0 Å². The van der Waals surface area contributed by atoms with Gasteiger partial charge in [0.05, 0.1) is 6.61 Å². The molecule has 2 amide bonds. The second kappa shape index (κ2) is 18.2. The Balaban J connectivity index is 1.37. The van der Waals surface area contributed by atoms with Crippen molar-refractivity contribution < 1.29 is 42.5 Å². The molecule has 1 saturated heterocycles. The molecule has 2 heterocycles. The molecule has 1 aromatic heterocycles. The topological polar surface area (TPSA) is 158 Å². The van der Waals surface area contributed by atoms with Crippen LogP contribution in [0.4, 0.5) is 25.1 Å². The first-order valence-electron chi connectivity index (χ1n) is 15.4. The minimum atomic E-state index is -3.90. The predicted molar refractivity (Wildman–Crippen MR) is 161 cm³/mol. The van der Waals surface area contributed by atoms with Gasteiger partial charge in [0, 0.05) is 24.7 Å². The number of alkyl halides is 2. The highest BCUT2D eigenvalue weighted by Crippen LogP contribution is 2.42. The summed E-state index contributed by atoms with van der Waals surface area (Å²) >= 11 is 0. The number of nitrogens with one attached hydrogen (secondary N) is 2. The zero-order chi connectivity index (χ0) is 32.7. The normalized spacial score (nSPS) is 18.7. The third-order valence-corrected chi connectivity index (χ3v) is 7.17. The Hall–Kier alpha value is -3.91. The number of benzene rings is 1. The molecule has 3 atom stereocenters. The maximum atomic E-state index is 14.9. The molecule has 1 aliphatic heterocycles. The average Bonchev–Trinajstić information content (AvgIpc) is 3.23. The SMILES string of the molecule is CCCCCCCOC(=O)Nc1ccn([C@@H]2O[C@H](COC(=O)CCCCCCC(=O)Nc3ccccc3)[C@@H](O)C2(F)F)c(=O)n1. The van der Waals surface area contributed by atoms with Crippen molar-refractivity contribution in [2.45, 2.75) is 102 Å². The number of amides is 2. The van der Waals surface area contributed by atoms with Gasteiger partial charge in [-0.3, -0.25) is 19.5 Å². The number of hydrogen-bond acceptors (Lipinski definition) is 9. The van der Waals surface area contributed by atoms with Crippen LogP contribution in [0.15, 0.2) is 47.4 Å². The molecular formula is C31H42F2N4O8. The molecule has 0 aliphatic carbocycles. The Morgan fingerprint density at radius 2 is 1.64 bits per heavy atom. The summed E-state index contributed by atoms with van der Waals surface area (Å²) in [6.45, 7) is 1.64. The van der Waals surface area contributed by atoms with Gasteiger partial charge in [0.15, 0.2) is 6.10 Å². The Morgan fingerprint density at radius 3 is 2.36 bits per heavy atom. The Kier molecular flexibility index (Phi) is 14.3. The van der Waals surface area contributed by atoms with Gasteiger partial charge in [0.25, 0.3) is 0 Å². The van der Waals surface area contributed by atoms with Crippen molar-refractivity contribution in [1.82, 2.24) is 9.55 Å². The number of aliphatic hydroxyl groups excluding tert-OH is 1. The Bertz CT molecular complexity index is 1290. The van der Waals surface area contributed by atoms with Crippen molar-refractivity contribution in [2.24, 2.45) is 0 Å². The van der Waals surface area contributed by atoms with E-state index in [-0.39, 0.29) is 24.8 Å². The first kappa shape index (κ1) is 35.6. The van der Waals surface area contributed by atoms with Gasteiger partial charge in [-0.2, -0.15) is 13.8 Å². The quantitative estimate of drug-likeness (QED) is 0.148. The largest absolute Gasteiger partial charge is 0.463 e. The van der Waals surface area contributed by atoms with Gasteiger partial charge in [-0.25, -0.2) is 9.59 Å². The van der Waals surface area contributed by atoms with Crippen LogP contribution in [-0.2, 0) is 23.8 Å². The molecule has 0 unspecified atom stereocenters. The van der Waals surface area contributed by atoms with E-state index in [1.54, 1.807) is 12.1 Å². The number of aromatic nitrogens is 2. The molecule has 0 bridgehead atoms. The fraction of sp³-hybridized carbons (Fsp3) is 0.581. The number of ether oxygens (including phenoxy) is 3. The molecule has 0 saturated carbocycles. The minimum absolute atomic E-state index is 0.0258. The standard InChI is InChI=1S/C31H42F2N4O8/c1-2-3-4-7-13-20-43-30(42)36-24-18-19-37(29(41)35-24)28-31(32,33)27(40)23(45-28)21-44-26(39)17-12-6-5-11-16-25(38)34-22-14-9-8-10-15-22/h8-10,14-15,18-19,23,27-28,40H,2-7,11-13,16-17,20-21H2,1H3,(H,34,38)(H,35,36,41,42)/t23-,27-,28-/m1/s1. The summed E-state index contributed by atoms with van der Waals surface area (Å²) in [5.41, 5.74) is -0.429. The summed E-state index contributed by atoms with van der Waals surface area (Å²) in [5, 5.41) is 15.3. The second-order valence-electron chi connectivity index (χ2n) is 10.8. The number of halogens is 2. The molecule has 2 aromatic rings. The van der Waals surface area contributed by atoms with Crippen LogP contribution < -0.4 is 16.3 Å². The lowest BCUT2D eigenvalue weighted by Gasteiger charge is -2.21. The van der Waals surface area contributed by atoms with Gasteiger partial charge in [-0.15, -0.1) is 0 Å². The fourth-order valence-electron chi connectivity index (χ4n) is 4.68. The number of unbranched alkanes of at least 4 members (excludes halogenated alkanes) is 7. The smallest absolute Gasteiger partial charge is 0.412 e. The van der Waals surface area contributed by atoms with E-state index in [2.05, 4.69) is 22.5 Å². The number of esters is 1. The van der Waals surface area contributed by atoms with Crippen LogP contribution >= 0.6 is 0 Å². The molecule has 3 N–H and O–H groups in total. The number of para-hydroxylation sites is 1. The van der Waals surface area contributed by atoms with Crippen molar-refractivity contribution in [3.8, 4) is 0 Å². The number of carbonyl (C=O) groups excluding carboxylic acids is 3. The van der Waals surface area contributed by atoms with Crippen LogP contribution in [0.2, 0.25) is 0 Å². The Labute approximate surface area is 260 Å². The molecule has 1 aliphatic rings. The highest BCUT2D eigenvalue weighted by Gasteiger charge is 2.60. The van der Waals surface area contributed by atoms with Crippen LogP contribution in [0.5, 0.6) is 0 Å². The number of anilines is 2. The van der Waals surface area contributed by atoms with Crippen LogP contribution in [-0.4, -0.2) is 64.0 Å². The van der Waals surface area contributed by atoms with Gasteiger partial charge in [-0.05, 0) is 37.5 Å². The minimum Gasteiger partial charge on any atom is -0.463 e. The maximum absolute atomic E-state index is 14.9. The van der Waals surface area contributed by atoms with E-state index in [9.17, 15) is 33.1 Å². The summed E-state index contributed by atoms with van der Waals surface area (Å²) in [6, 6.07) is 10.2. The van der Waals surface area contributed by atoms with E-state index in [0.29, 0.717) is 43.1 Å². The number of hydrogen-bond donors (Lipinski definition) is 3. The fourth-order valence-corrected chi connectivity index (χ4v) is 4.68. The van der Waals surface area contributed by atoms with Crippen molar-refractivity contribution in [3.05, 3.63) is 53.1 Å². The third kappa shape index (κ3) is 11.5. The third-order valence-electron chi connectivity index (χ3n) is 7.17. The zero-order valence-corrected chi connectivity index (χ0v) is 25.4. The first-order chi connectivity index (χ1) is 21.6. The van der Waals surface area contributed by atoms with Crippen LogP contribution in [0.25, 0.3) is 0 Å². The summed E-state index contributed by atoms with van der Waals surface area (Å²) < 4.78 is 45.6. The van der Waals surface area contributed by atoms with Gasteiger partial charge in [0.1, 0.15) is 18.5 Å². The van der Waals surface area contributed by atoms with Crippen molar-refractivity contribution >= 4 is 29.5 Å². The van der Waals surface area contributed by atoms with Crippen molar-refractivity contribution in [1.29, 1.82) is 0 Å². The number of aliphatic hydroxyl groups is 1. The van der Waals surface area contributed by atoms with Crippen molar-refractivity contribution in [2.75, 3.05) is 23.8 Å². The van der Waals surface area contributed by atoms with Crippen LogP contribution in [0.3, 0.4) is 0 Å². The molecule has 0 radical (unpaired) electrons. The van der Waals surface area contributed by atoms with E-state index < -0.39 is 48.7 Å². The zero-order valence-electron chi connectivity index (χ0n) is 25.4. The van der Waals surface area contributed by atoms with E-state index >= 15 is 0 Å². The van der Waals surface area contributed by atoms with Gasteiger partial charge >= 0.3 is 23.7 Å². The summed E-state index contributed by atoms with van der Waals surface area (Å²) in [6.07, 6.45) is 1.65. The van der Waals surface area contributed by atoms with Gasteiger partial charge < -0.3 is 24.6 Å². The molecule has 248 valence electrons. The van der Waals surface area contributed by atoms with Crippen LogP contribution in [0, 0.1) is 0 Å². The lowest BCUT2D eigenvalue weighted by Crippen LogP contribution is -2.42. The molecular weight excluding hydrogens is 594 g/mol.